The third-order valence-electron chi connectivity index (χ3n) is 4.87. The lowest BCUT2D eigenvalue weighted by Crippen LogP contribution is -2.44. The van der Waals surface area contributed by atoms with E-state index in [1.807, 2.05) is 24.3 Å². The molecule has 0 unspecified atom stereocenters. The fraction of sp³-hybridized carbons (Fsp3) is 0.316. The van der Waals surface area contributed by atoms with Crippen LogP contribution >= 0.6 is 0 Å². The van der Waals surface area contributed by atoms with Crippen molar-refractivity contribution in [2.75, 3.05) is 38.1 Å². The minimum atomic E-state index is -0.237. The molecule has 0 radical (unpaired) electrons. The van der Waals surface area contributed by atoms with Gasteiger partial charge in [-0.2, -0.15) is 0 Å². The Balaban J connectivity index is 1.43. The maximum Gasteiger partial charge on any atom is 0.323 e. The van der Waals surface area contributed by atoms with E-state index in [0.29, 0.717) is 12.1 Å². The van der Waals surface area contributed by atoms with Gasteiger partial charge in [-0.1, -0.05) is 6.07 Å². The molecule has 1 fully saturated rings. The van der Waals surface area contributed by atoms with E-state index < -0.39 is 0 Å². The fourth-order valence-electron chi connectivity index (χ4n) is 3.24. The van der Waals surface area contributed by atoms with Crippen LogP contribution in [0, 0.1) is 0 Å². The molecule has 0 spiro atoms. The average Bonchev–Trinajstić information content (AvgIpc) is 3.06. The predicted octanol–water partition coefficient (Wildman–Crippen LogP) is 0.933. The molecular weight excluding hydrogens is 344 g/mol. The van der Waals surface area contributed by atoms with E-state index in [0.717, 1.165) is 48.6 Å². The lowest BCUT2D eigenvalue weighted by atomic mass is 10.2. The van der Waals surface area contributed by atoms with Crippen molar-refractivity contribution in [1.29, 1.82) is 0 Å². The van der Waals surface area contributed by atoms with E-state index in [2.05, 4.69) is 37.1 Å². The number of pyridine rings is 1. The van der Waals surface area contributed by atoms with Gasteiger partial charge in [-0.3, -0.25) is 4.79 Å². The molecule has 3 heterocycles. The summed E-state index contributed by atoms with van der Waals surface area (Å²) in [6.45, 7) is 4.17. The summed E-state index contributed by atoms with van der Waals surface area (Å²) < 4.78 is 0. The van der Waals surface area contributed by atoms with Gasteiger partial charge in [0.05, 0.1) is 11.0 Å². The van der Waals surface area contributed by atoms with Gasteiger partial charge in [-0.15, -0.1) is 0 Å². The second-order valence-electron chi connectivity index (χ2n) is 6.83. The zero-order valence-corrected chi connectivity index (χ0v) is 15.2. The number of carbonyl (C=O) groups is 1. The van der Waals surface area contributed by atoms with Gasteiger partial charge in [-0.05, 0) is 36.9 Å². The van der Waals surface area contributed by atoms with E-state index in [9.17, 15) is 9.59 Å². The Hall–Kier alpha value is -3.13. The van der Waals surface area contributed by atoms with Crippen LogP contribution in [0.4, 0.5) is 5.82 Å². The molecule has 3 N–H and O–H groups in total. The molecular formula is C19H22N6O2. The van der Waals surface area contributed by atoms with Crippen molar-refractivity contribution in [3.63, 3.8) is 0 Å². The number of imidazole rings is 1. The van der Waals surface area contributed by atoms with Crippen molar-refractivity contribution in [3.8, 4) is 0 Å². The number of aromatic nitrogens is 3. The third kappa shape index (κ3) is 3.85. The molecule has 1 aromatic carbocycles. The van der Waals surface area contributed by atoms with Crippen molar-refractivity contribution in [2.24, 2.45) is 0 Å². The predicted molar refractivity (Wildman–Crippen MR) is 104 cm³/mol. The minimum absolute atomic E-state index is 0.143. The van der Waals surface area contributed by atoms with Crippen molar-refractivity contribution < 1.29 is 4.79 Å². The lowest BCUT2D eigenvalue weighted by molar-refractivity contribution is 0.0951. The third-order valence-corrected chi connectivity index (χ3v) is 4.87. The Kier molecular flexibility index (Phi) is 4.64. The van der Waals surface area contributed by atoms with Gasteiger partial charge in [-0.25, -0.2) is 9.78 Å². The van der Waals surface area contributed by atoms with Crippen LogP contribution in [0.3, 0.4) is 0 Å². The Bertz CT molecular complexity index is 1020. The Morgan fingerprint density at radius 1 is 1.11 bits per heavy atom. The van der Waals surface area contributed by atoms with E-state index in [1.54, 1.807) is 12.3 Å². The van der Waals surface area contributed by atoms with Gasteiger partial charge in [0.2, 0.25) is 0 Å². The van der Waals surface area contributed by atoms with Crippen molar-refractivity contribution >= 4 is 22.8 Å². The molecule has 0 saturated carbocycles. The molecule has 0 atom stereocenters. The van der Waals surface area contributed by atoms with Gasteiger partial charge in [0, 0.05) is 44.5 Å². The van der Waals surface area contributed by atoms with Gasteiger partial charge < -0.3 is 25.1 Å². The number of hydrogen-bond acceptors (Lipinski definition) is 5. The summed E-state index contributed by atoms with van der Waals surface area (Å²) in [6, 6.07) is 9.13. The first-order valence-electron chi connectivity index (χ1n) is 8.97. The number of H-pyrrole nitrogens is 2. The number of hydrogen-bond donors (Lipinski definition) is 3. The number of anilines is 1. The van der Waals surface area contributed by atoms with Crippen LogP contribution in [0.25, 0.3) is 11.0 Å². The summed E-state index contributed by atoms with van der Waals surface area (Å²) in [5, 5.41) is 2.93. The van der Waals surface area contributed by atoms with E-state index in [1.165, 1.54) is 0 Å². The molecule has 1 saturated heterocycles. The van der Waals surface area contributed by atoms with Crippen LogP contribution < -0.4 is 15.9 Å². The molecule has 4 rings (SSSR count). The Labute approximate surface area is 156 Å². The number of benzene rings is 1. The molecule has 3 aromatic rings. The summed E-state index contributed by atoms with van der Waals surface area (Å²) in [5.41, 5.74) is 2.75. The van der Waals surface area contributed by atoms with Crippen LogP contribution in [-0.2, 0) is 6.54 Å². The van der Waals surface area contributed by atoms with Gasteiger partial charge in [0.1, 0.15) is 5.82 Å². The van der Waals surface area contributed by atoms with Gasteiger partial charge >= 0.3 is 5.69 Å². The average molecular weight is 366 g/mol. The molecule has 1 aliphatic heterocycles. The highest BCUT2D eigenvalue weighted by atomic mass is 16.1. The molecule has 2 aromatic heterocycles. The molecule has 0 bridgehead atoms. The summed E-state index contributed by atoms with van der Waals surface area (Å²) in [5.74, 6) is 0.692. The van der Waals surface area contributed by atoms with Gasteiger partial charge in [0.15, 0.2) is 0 Å². The van der Waals surface area contributed by atoms with Crippen LogP contribution in [0.5, 0.6) is 0 Å². The zero-order valence-electron chi connectivity index (χ0n) is 15.2. The lowest BCUT2D eigenvalue weighted by Gasteiger charge is -2.33. The second kappa shape index (κ2) is 7.24. The largest absolute Gasteiger partial charge is 0.354 e. The number of carbonyl (C=O) groups excluding carboxylic acids is 1. The SMILES string of the molecule is CN1CCN(c2cc(C(=O)NCc3ccc4[nH]c(=O)[nH]c4c3)ccn2)CC1. The molecule has 1 aliphatic rings. The molecule has 140 valence electrons. The second-order valence-corrected chi connectivity index (χ2v) is 6.83. The highest BCUT2D eigenvalue weighted by molar-refractivity contribution is 5.94. The monoisotopic (exact) mass is 366 g/mol. The maximum absolute atomic E-state index is 12.5. The topological polar surface area (TPSA) is 97.1 Å². The van der Waals surface area contributed by atoms with Crippen molar-refractivity contribution in [2.45, 2.75) is 6.54 Å². The minimum Gasteiger partial charge on any atom is -0.354 e. The highest BCUT2D eigenvalue weighted by Crippen LogP contribution is 2.15. The molecule has 8 nitrogen and oxygen atoms in total. The number of fused-ring (bicyclic) bond motifs is 1. The van der Waals surface area contributed by atoms with E-state index in [4.69, 9.17) is 0 Å². The number of likely N-dealkylation sites (N-methyl/N-ethyl adjacent to an activating group) is 1. The Morgan fingerprint density at radius 2 is 1.89 bits per heavy atom. The van der Waals surface area contributed by atoms with Crippen LogP contribution in [-0.4, -0.2) is 59.0 Å². The van der Waals surface area contributed by atoms with E-state index >= 15 is 0 Å². The number of rotatable bonds is 4. The molecule has 0 aliphatic carbocycles. The zero-order chi connectivity index (χ0) is 18.8. The summed E-state index contributed by atoms with van der Waals surface area (Å²) in [7, 11) is 2.11. The first-order valence-corrected chi connectivity index (χ1v) is 8.97. The highest BCUT2D eigenvalue weighted by Gasteiger charge is 2.16. The van der Waals surface area contributed by atoms with Crippen LogP contribution in [0.1, 0.15) is 15.9 Å². The molecule has 27 heavy (non-hydrogen) atoms. The number of nitrogens with zero attached hydrogens (tertiary/aromatic N) is 3. The van der Waals surface area contributed by atoms with Crippen LogP contribution in [0.15, 0.2) is 41.3 Å². The molecule has 8 heteroatoms. The van der Waals surface area contributed by atoms with Crippen molar-refractivity contribution in [1.82, 2.24) is 25.2 Å². The summed E-state index contributed by atoms with van der Waals surface area (Å²) >= 11 is 0. The van der Waals surface area contributed by atoms with E-state index in [-0.39, 0.29) is 11.6 Å². The first-order chi connectivity index (χ1) is 13.1. The first kappa shape index (κ1) is 17.3. The number of nitrogens with one attached hydrogen (secondary N) is 3. The van der Waals surface area contributed by atoms with Gasteiger partial charge in [0.25, 0.3) is 5.91 Å². The number of amides is 1. The Morgan fingerprint density at radius 3 is 2.70 bits per heavy atom. The normalized spacial score (nSPS) is 15.2. The summed E-state index contributed by atoms with van der Waals surface area (Å²) in [4.78, 5) is 38.2. The summed E-state index contributed by atoms with van der Waals surface area (Å²) in [6.07, 6.45) is 1.68. The number of piperazine rings is 1. The van der Waals surface area contributed by atoms with Crippen molar-refractivity contribution in [3.05, 3.63) is 58.1 Å². The number of aromatic amines is 2. The fourth-order valence-corrected chi connectivity index (χ4v) is 3.24. The molecule has 1 amide bonds. The smallest absolute Gasteiger partial charge is 0.323 e. The quantitative estimate of drug-likeness (QED) is 0.638. The maximum atomic E-state index is 12.5. The van der Waals surface area contributed by atoms with Crippen LogP contribution in [0.2, 0.25) is 0 Å². The standard InChI is InChI=1S/C19H22N6O2/c1-24-6-8-25(9-7-24)17-11-14(4-5-20-17)18(26)21-12-13-2-3-15-16(10-13)23-19(27)22-15/h2-5,10-11H,6-9,12H2,1H3,(H,21,26)(H2,22,23,27).